The second-order valence-electron chi connectivity index (χ2n) is 7.33. The largest absolute Gasteiger partial charge is 0.371 e. The number of anilines is 2. The van der Waals surface area contributed by atoms with Gasteiger partial charge in [-0.15, -0.1) is 0 Å². The zero-order valence-corrected chi connectivity index (χ0v) is 15.0. The Bertz CT molecular complexity index is 832. The fourth-order valence-electron chi connectivity index (χ4n) is 3.94. The van der Waals surface area contributed by atoms with Gasteiger partial charge in [0.25, 0.3) is 0 Å². The number of fused-ring (bicyclic) bond motifs is 1. The zero-order chi connectivity index (χ0) is 18.0. The molecule has 0 bridgehead atoms. The maximum absolute atomic E-state index is 6.16. The second-order valence-corrected chi connectivity index (χ2v) is 7.33. The fraction of sp³-hybridized carbons (Fsp3) is 0.318. The molecule has 0 unspecified atom stereocenters. The Balaban J connectivity index is 1.65. The predicted octanol–water partition coefficient (Wildman–Crippen LogP) is 4.41. The molecule has 1 heterocycles. The van der Waals surface area contributed by atoms with Crippen molar-refractivity contribution in [1.82, 2.24) is 0 Å². The van der Waals surface area contributed by atoms with Crippen LogP contribution < -0.4 is 16.4 Å². The summed E-state index contributed by atoms with van der Waals surface area (Å²) in [6, 6.07) is 17.0. The number of hydrogen-bond acceptors (Lipinski definition) is 3. The number of aliphatic imine (C=N–C) groups is 1. The summed E-state index contributed by atoms with van der Waals surface area (Å²) in [4.78, 5) is 5.00. The van der Waals surface area contributed by atoms with E-state index in [1.807, 2.05) is 12.1 Å². The molecule has 0 aromatic heterocycles. The summed E-state index contributed by atoms with van der Waals surface area (Å²) in [7, 11) is 0. The molecule has 0 saturated heterocycles. The molecule has 4 rings (SSSR count). The van der Waals surface area contributed by atoms with Crippen molar-refractivity contribution in [2.75, 3.05) is 10.6 Å². The van der Waals surface area contributed by atoms with Crippen LogP contribution in [0.5, 0.6) is 0 Å². The van der Waals surface area contributed by atoms with Crippen LogP contribution >= 0.6 is 0 Å². The molecule has 4 N–H and O–H groups in total. The highest BCUT2D eigenvalue weighted by Crippen LogP contribution is 2.39. The van der Waals surface area contributed by atoms with Crippen molar-refractivity contribution in [2.45, 2.75) is 43.8 Å². The van der Waals surface area contributed by atoms with E-state index < -0.39 is 0 Å². The van der Waals surface area contributed by atoms with Crippen molar-refractivity contribution in [2.24, 2.45) is 10.7 Å². The van der Waals surface area contributed by atoms with Crippen LogP contribution in [0.4, 0.5) is 11.4 Å². The van der Waals surface area contributed by atoms with E-state index in [0.717, 1.165) is 48.5 Å². The molecule has 1 spiro atoms. The average Bonchev–Trinajstić information content (AvgIpc) is 2.69. The third kappa shape index (κ3) is 3.25. The SMILES string of the molecule is C=Cc1cccc(CN=C2Nc3ccccc3NC23CCC(N)CC3)c1. The van der Waals surface area contributed by atoms with Crippen LogP contribution in [0.3, 0.4) is 0 Å². The van der Waals surface area contributed by atoms with E-state index in [4.69, 9.17) is 10.7 Å². The molecule has 1 aliphatic carbocycles. The van der Waals surface area contributed by atoms with Gasteiger partial charge in [-0.05, 0) is 55.0 Å². The maximum atomic E-state index is 6.16. The average molecular weight is 346 g/mol. The number of hydrogen-bond donors (Lipinski definition) is 3. The number of amidine groups is 1. The first-order valence-electron chi connectivity index (χ1n) is 9.35. The molecular formula is C22H26N4. The van der Waals surface area contributed by atoms with Gasteiger partial charge in [-0.2, -0.15) is 0 Å². The molecular weight excluding hydrogens is 320 g/mol. The van der Waals surface area contributed by atoms with E-state index >= 15 is 0 Å². The molecule has 4 heteroatoms. The molecule has 4 nitrogen and oxygen atoms in total. The van der Waals surface area contributed by atoms with Gasteiger partial charge in [-0.25, -0.2) is 0 Å². The summed E-state index contributed by atoms with van der Waals surface area (Å²) in [5.74, 6) is 1.03. The Labute approximate surface area is 155 Å². The van der Waals surface area contributed by atoms with Crippen molar-refractivity contribution < 1.29 is 0 Å². The molecule has 1 saturated carbocycles. The topological polar surface area (TPSA) is 62.4 Å². The Morgan fingerprint density at radius 1 is 1.12 bits per heavy atom. The first-order chi connectivity index (χ1) is 12.7. The van der Waals surface area contributed by atoms with Crippen LogP contribution in [-0.2, 0) is 6.54 Å². The smallest absolute Gasteiger partial charge is 0.127 e. The first-order valence-corrected chi connectivity index (χ1v) is 9.35. The molecule has 26 heavy (non-hydrogen) atoms. The van der Waals surface area contributed by atoms with Gasteiger partial charge in [0.15, 0.2) is 0 Å². The molecule has 134 valence electrons. The van der Waals surface area contributed by atoms with Crippen LogP contribution in [-0.4, -0.2) is 17.4 Å². The lowest BCUT2D eigenvalue weighted by Crippen LogP contribution is -2.55. The van der Waals surface area contributed by atoms with Gasteiger partial charge in [0, 0.05) is 6.04 Å². The normalized spacial score (nSPS) is 26.0. The Kier molecular flexibility index (Phi) is 4.51. The summed E-state index contributed by atoms with van der Waals surface area (Å²) in [5, 5.41) is 7.37. The van der Waals surface area contributed by atoms with Crippen molar-refractivity contribution >= 4 is 23.3 Å². The maximum Gasteiger partial charge on any atom is 0.127 e. The number of nitrogens with one attached hydrogen (secondary N) is 2. The van der Waals surface area contributed by atoms with Gasteiger partial charge in [-0.3, -0.25) is 4.99 Å². The number of nitrogens with zero attached hydrogens (tertiary/aromatic N) is 1. The molecule has 1 fully saturated rings. The minimum atomic E-state index is -0.139. The Morgan fingerprint density at radius 3 is 2.65 bits per heavy atom. The van der Waals surface area contributed by atoms with Gasteiger partial charge in [-0.1, -0.05) is 43.0 Å². The molecule has 2 aromatic rings. The summed E-state index contributed by atoms with van der Waals surface area (Å²) < 4.78 is 0. The van der Waals surface area contributed by atoms with Crippen LogP contribution in [0.2, 0.25) is 0 Å². The van der Waals surface area contributed by atoms with Crippen LogP contribution in [0.25, 0.3) is 6.08 Å². The molecule has 1 aliphatic heterocycles. The van der Waals surface area contributed by atoms with Crippen molar-refractivity contribution in [3.63, 3.8) is 0 Å². The van der Waals surface area contributed by atoms with Crippen LogP contribution in [0.1, 0.15) is 36.8 Å². The van der Waals surface area contributed by atoms with Gasteiger partial charge in [0.05, 0.1) is 23.5 Å². The minimum Gasteiger partial charge on any atom is -0.371 e. The highest BCUT2D eigenvalue weighted by molar-refractivity contribution is 6.09. The zero-order valence-electron chi connectivity index (χ0n) is 15.0. The van der Waals surface area contributed by atoms with Crippen molar-refractivity contribution in [3.8, 4) is 0 Å². The highest BCUT2D eigenvalue weighted by atomic mass is 15.2. The van der Waals surface area contributed by atoms with E-state index in [0.29, 0.717) is 12.6 Å². The number of rotatable bonds is 3. The van der Waals surface area contributed by atoms with Crippen LogP contribution in [0.15, 0.2) is 60.1 Å². The number of nitrogens with two attached hydrogens (primary N) is 1. The van der Waals surface area contributed by atoms with Gasteiger partial charge in [0.1, 0.15) is 5.84 Å². The quantitative estimate of drug-likeness (QED) is 0.771. The van der Waals surface area contributed by atoms with E-state index in [1.165, 1.54) is 5.56 Å². The lowest BCUT2D eigenvalue weighted by molar-refractivity contribution is 0.363. The van der Waals surface area contributed by atoms with Crippen molar-refractivity contribution in [3.05, 3.63) is 66.2 Å². The van der Waals surface area contributed by atoms with Gasteiger partial charge in [0.2, 0.25) is 0 Å². The summed E-state index contributed by atoms with van der Waals surface area (Å²) in [5.41, 5.74) is 10.6. The van der Waals surface area contributed by atoms with E-state index in [2.05, 4.69) is 59.7 Å². The molecule has 0 radical (unpaired) electrons. The Morgan fingerprint density at radius 2 is 1.88 bits per heavy atom. The predicted molar refractivity (Wildman–Crippen MR) is 111 cm³/mol. The number of benzene rings is 2. The summed E-state index contributed by atoms with van der Waals surface area (Å²) in [6.45, 7) is 4.51. The van der Waals surface area contributed by atoms with Gasteiger partial charge >= 0.3 is 0 Å². The highest BCUT2D eigenvalue weighted by Gasteiger charge is 2.42. The molecule has 2 aliphatic rings. The standard InChI is InChI=1S/C22H26N4/c1-2-16-6-5-7-17(14-16)15-24-21-22(12-10-18(23)11-13-22)26-20-9-4-3-8-19(20)25-21/h2-9,14,18,26H,1,10-13,15,23H2,(H,24,25). The summed E-state index contributed by atoms with van der Waals surface area (Å²) >= 11 is 0. The lowest BCUT2D eigenvalue weighted by atomic mass is 9.77. The van der Waals surface area contributed by atoms with E-state index in [1.54, 1.807) is 0 Å². The third-order valence-electron chi connectivity index (χ3n) is 5.50. The lowest BCUT2D eigenvalue weighted by Gasteiger charge is -2.45. The van der Waals surface area contributed by atoms with Crippen LogP contribution in [0, 0.1) is 0 Å². The molecule has 0 atom stereocenters. The third-order valence-corrected chi connectivity index (χ3v) is 5.50. The minimum absolute atomic E-state index is 0.139. The summed E-state index contributed by atoms with van der Waals surface area (Å²) in [6.07, 6.45) is 5.91. The monoisotopic (exact) mass is 346 g/mol. The second kappa shape index (κ2) is 6.96. The fourth-order valence-corrected chi connectivity index (χ4v) is 3.94. The van der Waals surface area contributed by atoms with E-state index in [-0.39, 0.29) is 5.54 Å². The number of para-hydroxylation sites is 2. The van der Waals surface area contributed by atoms with E-state index in [9.17, 15) is 0 Å². The molecule has 0 amide bonds. The van der Waals surface area contributed by atoms with Gasteiger partial charge < -0.3 is 16.4 Å². The van der Waals surface area contributed by atoms with Crippen molar-refractivity contribution in [1.29, 1.82) is 0 Å². The first kappa shape index (κ1) is 16.9. The molecule has 2 aromatic carbocycles. The Hall–Kier alpha value is -2.59.